The predicted octanol–water partition coefficient (Wildman–Crippen LogP) is 2.62. The van der Waals surface area contributed by atoms with Crippen LogP contribution in [-0.4, -0.2) is 25.3 Å². The maximum Gasteiger partial charge on any atom is 0.105 e. The molecule has 1 aromatic heterocycles. The minimum absolute atomic E-state index is 0.192. The normalized spacial score (nSPS) is 14.0. The van der Waals surface area contributed by atoms with Gasteiger partial charge >= 0.3 is 0 Å². The van der Waals surface area contributed by atoms with Crippen LogP contribution in [0.3, 0.4) is 0 Å². The van der Waals surface area contributed by atoms with Crippen LogP contribution in [0.25, 0.3) is 0 Å². The van der Waals surface area contributed by atoms with Crippen LogP contribution in [0.2, 0.25) is 0 Å². The topological polar surface area (TPSA) is 34.4 Å². The van der Waals surface area contributed by atoms with Crippen LogP contribution < -0.4 is 5.32 Å². The first-order valence-electron chi connectivity index (χ1n) is 5.91. The van der Waals surface area contributed by atoms with Crippen LogP contribution >= 0.6 is 0 Å². The maximum absolute atomic E-state index is 5.54. The van der Waals surface area contributed by atoms with Crippen LogP contribution in [0, 0.1) is 0 Å². The molecule has 0 bridgehead atoms. The first kappa shape index (κ1) is 13.3. The van der Waals surface area contributed by atoms with Gasteiger partial charge in [0, 0.05) is 19.6 Å². The van der Waals surface area contributed by atoms with Gasteiger partial charge in [-0.1, -0.05) is 6.92 Å². The van der Waals surface area contributed by atoms with Crippen molar-refractivity contribution in [1.82, 2.24) is 5.32 Å². The maximum atomic E-state index is 5.54. The Bertz CT molecular complexity index is 280. The number of hydrogen-bond acceptors (Lipinski definition) is 3. The molecule has 0 saturated carbocycles. The van der Waals surface area contributed by atoms with Crippen molar-refractivity contribution in [2.75, 3.05) is 13.7 Å². The summed E-state index contributed by atoms with van der Waals surface area (Å²) in [6.45, 7) is 7.36. The zero-order valence-corrected chi connectivity index (χ0v) is 10.7. The van der Waals surface area contributed by atoms with E-state index in [1.165, 1.54) is 0 Å². The highest BCUT2D eigenvalue weighted by Crippen LogP contribution is 2.18. The van der Waals surface area contributed by atoms with Gasteiger partial charge in [0.25, 0.3) is 0 Å². The average molecular weight is 225 g/mol. The third-order valence-electron chi connectivity index (χ3n) is 2.99. The molecule has 0 aliphatic carbocycles. The smallest absolute Gasteiger partial charge is 0.105 e. The Kier molecular flexibility index (Phi) is 5.03. The second-order valence-electron chi connectivity index (χ2n) is 4.60. The SMILES string of the molecule is CCCNC(Cc1ccco1)C(C)(C)OC. The summed E-state index contributed by atoms with van der Waals surface area (Å²) in [5.74, 6) is 0.999. The summed E-state index contributed by atoms with van der Waals surface area (Å²) in [7, 11) is 1.75. The molecule has 92 valence electrons. The zero-order chi connectivity index (χ0) is 12.0. The highest BCUT2D eigenvalue weighted by atomic mass is 16.5. The van der Waals surface area contributed by atoms with Gasteiger partial charge in [0.05, 0.1) is 11.9 Å². The van der Waals surface area contributed by atoms with Crippen molar-refractivity contribution in [3.8, 4) is 0 Å². The van der Waals surface area contributed by atoms with Crippen molar-refractivity contribution in [2.45, 2.75) is 45.3 Å². The molecule has 1 atom stereocenters. The van der Waals surface area contributed by atoms with Gasteiger partial charge in [-0.15, -0.1) is 0 Å². The van der Waals surface area contributed by atoms with Gasteiger partial charge in [0.1, 0.15) is 5.76 Å². The molecule has 16 heavy (non-hydrogen) atoms. The molecule has 1 rings (SSSR count). The van der Waals surface area contributed by atoms with Crippen molar-refractivity contribution in [3.63, 3.8) is 0 Å². The van der Waals surface area contributed by atoms with Crippen molar-refractivity contribution < 1.29 is 9.15 Å². The summed E-state index contributed by atoms with van der Waals surface area (Å²) >= 11 is 0. The summed E-state index contributed by atoms with van der Waals surface area (Å²) in [5.41, 5.74) is -0.192. The van der Waals surface area contributed by atoms with E-state index < -0.39 is 0 Å². The van der Waals surface area contributed by atoms with Crippen molar-refractivity contribution in [2.24, 2.45) is 0 Å². The van der Waals surface area contributed by atoms with E-state index in [1.807, 2.05) is 12.1 Å². The van der Waals surface area contributed by atoms with Gasteiger partial charge in [-0.2, -0.15) is 0 Å². The van der Waals surface area contributed by atoms with E-state index >= 15 is 0 Å². The van der Waals surface area contributed by atoms with E-state index in [2.05, 4.69) is 26.1 Å². The van der Waals surface area contributed by atoms with E-state index in [0.29, 0.717) is 0 Å². The molecule has 3 heteroatoms. The Labute approximate surface area is 98.2 Å². The molecule has 1 aromatic rings. The van der Waals surface area contributed by atoms with Gasteiger partial charge in [0.15, 0.2) is 0 Å². The molecule has 1 N–H and O–H groups in total. The fraction of sp³-hybridized carbons (Fsp3) is 0.692. The molecular weight excluding hydrogens is 202 g/mol. The van der Waals surface area contributed by atoms with Crippen LogP contribution in [0.5, 0.6) is 0 Å². The molecule has 1 heterocycles. The zero-order valence-electron chi connectivity index (χ0n) is 10.7. The Balaban J connectivity index is 2.63. The van der Waals surface area contributed by atoms with E-state index in [9.17, 15) is 0 Å². The second-order valence-corrected chi connectivity index (χ2v) is 4.60. The Morgan fingerprint density at radius 2 is 2.25 bits per heavy atom. The third-order valence-corrected chi connectivity index (χ3v) is 2.99. The lowest BCUT2D eigenvalue weighted by Gasteiger charge is -2.33. The van der Waals surface area contributed by atoms with Gasteiger partial charge in [-0.3, -0.25) is 0 Å². The largest absolute Gasteiger partial charge is 0.469 e. The lowest BCUT2D eigenvalue weighted by molar-refractivity contribution is -0.0112. The van der Waals surface area contributed by atoms with E-state index in [-0.39, 0.29) is 11.6 Å². The standard InChI is InChI=1S/C13H23NO2/c1-5-8-14-12(13(2,3)15-4)10-11-7-6-9-16-11/h6-7,9,12,14H,5,8,10H2,1-4H3. The first-order valence-corrected chi connectivity index (χ1v) is 5.91. The molecule has 0 aliphatic rings. The van der Waals surface area contributed by atoms with Crippen molar-refractivity contribution >= 4 is 0 Å². The number of methoxy groups -OCH3 is 1. The van der Waals surface area contributed by atoms with Gasteiger partial charge in [-0.25, -0.2) is 0 Å². The fourth-order valence-corrected chi connectivity index (χ4v) is 1.65. The Hall–Kier alpha value is -0.800. The quantitative estimate of drug-likeness (QED) is 0.774. The molecule has 1 unspecified atom stereocenters. The van der Waals surface area contributed by atoms with Gasteiger partial charge in [-0.05, 0) is 38.9 Å². The van der Waals surface area contributed by atoms with E-state index in [1.54, 1.807) is 13.4 Å². The van der Waals surface area contributed by atoms with Crippen molar-refractivity contribution in [1.29, 1.82) is 0 Å². The summed E-state index contributed by atoms with van der Waals surface area (Å²) < 4.78 is 10.9. The van der Waals surface area contributed by atoms with E-state index in [4.69, 9.17) is 9.15 Å². The predicted molar refractivity (Wildman–Crippen MR) is 65.6 cm³/mol. The molecule has 0 spiro atoms. The Morgan fingerprint density at radius 3 is 2.75 bits per heavy atom. The molecule has 0 fully saturated rings. The molecule has 3 nitrogen and oxygen atoms in total. The number of hydrogen-bond donors (Lipinski definition) is 1. The number of furan rings is 1. The van der Waals surface area contributed by atoms with Gasteiger partial charge < -0.3 is 14.5 Å². The monoisotopic (exact) mass is 225 g/mol. The van der Waals surface area contributed by atoms with E-state index in [0.717, 1.165) is 25.1 Å². The average Bonchev–Trinajstić information content (AvgIpc) is 2.76. The second kappa shape index (κ2) is 6.06. The summed E-state index contributed by atoms with van der Waals surface area (Å²) in [6, 6.07) is 4.20. The summed E-state index contributed by atoms with van der Waals surface area (Å²) in [4.78, 5) is 0. The lowest BCUT2D eigenvalue weighted by Crippen LogP contribution is -2.49. The summed E-state index contributed by atoms with van der Waals surface area (Å²) in [6.07, 6.45) is 3.69. The molecular formula is C13H23NO2. The molecule has 0 aliphatic heterocycles. The lowest BCUT2D eigenvalue weighted by atomic mass is 9.94. The molecule has 0 radical (unpaired) electrons. The molecule has 0 aromatic carbocycles. The molecule has 0 amide bonds. The van der Waals surface area contributed by atoms with Crippen molar-refractivity contribution in [3.05, 3.63) is 24.2 Å². The van der Waals surface area contributed by atoms with Crippen LogP contribution in [0.1, 0.15) is 33.0 Å². The number of ether oxygens (including phenoxy) is 1. The summed E-state index contributed by atoms with van der Waals surface area (Å²) in [5, 5.41) is 3.51. The first-order chi connectivity index (χ1) is 7.60. The minimum Gasteiger partial charge on any atom is -0.469 e. The third kappa shape index (κ3) is 3.65. The highest BCUT2D eigenvalue weighted by molar-refractivity contribution is 5.03. The highest BCUT2D eigenvalue weighted by Gasteiger charge is 2.29. The fourth-order valence-electron chi connectivity index (χ4n) is 1.65. The van der Waals surface area contributed by atoms with Crippen LogP contribution in [0.15, 0.2) is 22.8 Å². The molecule has 0 saturated heterocycles. The Morgan fingerprint density at radius 1 is 1.50 bits per heavy atom. The van der Waals surface area contributed by atoms with Crippen LogP contribution in [-0.2, 0) is 11.2 Å². The minimum atomic E-state index is -0.192. The number of nitrogens with one attached hydrogen (secondary N) is 1. The van der Waals surface area contributed by atoms with Crippen LogP contribution in [0.4, 0.5) is 0 Å². The van der Waals surface area contributed by atoms with Gasteiger partial charge in [0.2, 0.25) is 0 Å². The number of rotatable bonds is 7.